The first-order chi connectivity index (χ1) is 17.5. The van der Waals surface area contributed by atoms with Gasteiger partial charge in [0.15, 0.2) is 11.5 Å². The number of nitrogens with zero attached hydrogens (tertiary/aromatic N) is 5. The Hall–Kier alpha value is -4.10. The Morgan fingerprint density at radius 1 is 1.16 bits per heavy atom. The fourth-order valence-electron chi connectivity index (χ4n) is 3.65. The third-order valence-corrected chi connectivity index (χ3v) is 6.56. The molecule has 0 saturated heterocycles. The molecule has 202 valence electrons. The SMILES string of the molecule is C.CN(CC(N)=O)C(=O)OCc1cccc2nnc([C@@H](Cc3nc4ccccc4s3)NC(=O)C(C)(C)N)n12. The average molecular weight is 541 g/mol. The number of carbonyl (C=O) groups is 3. The quantitative estimate of drug-likeness (QED) is 0.290. The Bertz CT molecular complexity index is 1430. The van der Waals surface area contributed by atoms with Gasteiger partial charge in [-0.3, -0.25) is 14.0 Å². The maximum absolute atomic E-state index is 12.9. The predicted molar refractivity (Wildman–Crippen MR) is 144 cm³/mol. The molecule has 3 amide bonds. The van der Waals surface area contributed by atoms with Crippen LogP contribution in [0, 0.1) is 0 Å². The standard InChI is InChI=1S/C24H28N8O4S.CH4/c1-24(2,26)22(34)28-16(11-20-27-15-8-4-5-9-17(15)37-20)21-30-29-19-10-6-7-14(32(19)21)13-36-23(35)31(3)12-18(25)33;/h4-10,16H,11-13,26H2,1-3H3,(H2,25,33)(H,28,34);1H4/t16-;/m1./s1. The zero-order chi connectivity index (χ0) is 26.7. The number of hydrogen-bond acceptors (Lipinski definition) is 9. The van der Waals surface area contributed by atoms with Crippen LogP contribution < -0.4 is 16.8 Å². The molecule has 0 radical (unpaired) electrons. The van der Waals surface area contributed by atoms with Gasteiger partial charge in [-0.2, -0.15) is 0 Å². The van der Waals surface area contributed by atoms with Gasteiger partial charge >= 0.3 is 6.09 Å². The van der Waals surface area contributed by atoms with Crippen LogP contribution in [0.5, 0.6) is 0 Å². The monoisotopic (exact) mass is 540 g/mol. The van der Waals surface area contributed by atoms with E-state index >= 15 is 0 Å². The van der Waals surface area contributed by atoms with E-state index in [9.17, 15) is 14.4 Å². The molecule has 13 heteroatoms. The number of thiazole rings is 1. The Morgan fingerprint density at radius 2 is 1.89 bits per heavy atom. The number of rotatable bonds is 9. The molecule has 3 heterocycles. The number of para-hydroxylation sites is 1. The maximum Gasteiger partial charge on any atom is 0.410 e. The minimum Gasteiger partial charge on any atom is -0.443 e. The smallest absolute Gasteiger partial charge is 0.410 e. The second-order valence-corrected chi connectivity index (χ2v) is 10.3. The van der Waals surface area contributed by atoms with Crippen LogP contribution in [0.15, 0.2) is 42.5 Å². The summed E-state index contributed by atoms with van der Waals surface area (Å²) in [6.07, 6.45) is -0.369. The summed E-state index contributed by atoms with van der Waals surface area (Å²) in [6.45, 7) is 2.83. The molecule has 0 bridgehead atoms. The molecule has 1 aromatic carbocycles. The van der Waals surface area contributed by atoms with Gasteiger partial charge < -0.3 is 26.4 Å². The normalized spacial score (nSPS) is 12.1. The van der Waals surface area contributed by atoms with Crippen LogP contribution in [0.1, 0.15) is 43.8 Å². The van der Waals surface area contributed by atoms with Gasteiger partial charge in [0.25, 0.3) is 0 Å². The van der Waals surface area contributed by atoms with E-state index in [0.717, 1.165) is 20.1 Å². The van der Waals surface area contributed by atoms with Gasteiger partial charge in [-0.25, -0.2) is 9.78 Å². The van der Waals surface area contributed by atoms with Crippen molar-refractivity contribution in [1.29, 1.82) is 0 Å². The lowest BCUT2D eigenvalue weighted by Crippen LogP contribution is -2.50. The second-order valence-electron chi connectivity index (χ2n) is 9.17. The molecule has 4 rings (SSSR count). The van der Waals surface area contributed by atoms with Gasteiger partial charge in [0.2, 0.25) is 11.8 Å². The molecule has 0 saturated carbocycles. The van der Waals surface area contributed by atoms with Crippen LogP contribution in [0.3, 0.4) is 0 Å². The van der Waals surface area contributed by atoms with Gasteiger partial charge in [-0.1, -0.05) is 25.6 Å². The van der Waals surface area contributed by atoms with Crippen LogP contribution in [-0.4, -0.2) is 61.5 Å². The van der Waals surface area contributed by atoms with Crippen LogP contribution >= 0.6 is 11.3 Å². The van der Waals surface area contributed by atoms with Crippen molar-refractivity contribution in [2.45, 2.75) is 45.9 Å². The van der Waals surface area contributed by atoms with E-state index in [0.29, 0.717) is 23.6 Å². The number of hydrogen-bond donors (Lipinski definition) is 3. The Labute approximate surface area is 224 Å². The van der Waals surface area contributed by atoms with E-state index in [2.05, 4.69) is 15.5 Å². The zero-order valence-corrected chi connectivity index (χ0v) is 21.5. The second kappa shape index (κ2) is 11.5. The third kappa shape index (κ3) is 6.42. The number of amides is 3. The molecule has 0 unspecified atom stereocenters. The molecule has 3 aromatic heterocycles. The molecule has 0 fully saturated rings. The Morgan fingerprint density at radius 3 is 2.58 bits per heavy atom. The van der Waals surface area contributed by atoms with Crippen LogP contribution in [0.25, 0.3) is 15.9 Å². The lowest BCUT2D eigenvalue weighted by molar-refractivity contribution is -0.126. The summed E-state index contributed by atoms with van der Waals surface area (Å²) >= 11 is 1.53. The summed E-state index contributed by atoms with van der Waals surface area (Å²) < 4.78 is 8.14. The van der Waals surface area contributed by atoms with Crippen molar-refractivity contribution in [3.63, 3.8) is 0 Å². The van der Waals surface area contributed by atoms with E-state index in [1.807, 2.05) is 24.3 Å². The van der Waals surface area contributed by atoms with Crippen molar-refractivity contribution in [3.05, 3.63) is 59.0 Å². The van der Waals surface area contributed by atoms with Gasteiger partial charge in [0.05, 0.1) is 32.5 Å². The Balaban J connectivity index is 0.00000400. The minimum absolute atomic E-state index is 0. The fraction of sp³-hybridized carbons (Fsp3) is 0.360. The van der Waals surface area contributed by atoms with Crippen molar-refractivity contribution in [1.82, 2.24) is 29.8 Å². The molecule has 1 atom stereocenters. The van der Waals surface area contributed by atoms with E-state index < -0.39 is 23.6 Å². The zero-order valence-electron chi connectivity index (χ0n) is 20.7. The lowest BCUT2D eigenvalue weighted by atomic mass is 10.0. The largest absolute Gasteiger partial charge is 0.443 e. The summed E-state index contributed by atoms with van der Waals surface area (Å²) in [5, 5.41) is 12.4. The summed E-state index contributed by atoms with van der Waals surface area (Å²) in [5.74, 6) is -0.588. The summed E-state index contributed by atoms with van der Waals surface area (Å²) in [5.41, 5.74) is 12.0. The van der Waals surface area contributed by atoms with Gasteiger partial charge in [-0.15, -0.1) is 21.5 Å². The highest BCUT2D eigenvalue weighted by Crippen LogP contribution is 2.27. The third-order valence-electron chi connectivity index (χ3n) is 5.50. The number of pyridine rings is 1. The topological polar surface area (TPSA) is 171 Å². The molecule has 0 aliphatic rings. The number of carbonyl (C=O) groups excluding carboxylic acids is 3. The molecule has 0 aliphatic heterocycles. The van der Waals surface area contributed by atoms with Gasteiger partial charge in [0, 0.05) is 13.5 Å². The van der Waals surface area contributed by atoms with E-state index in [1.54, 1.807) is 36.4 Å². The lowest BCUT2D eigenvalue weighted by Gasteiger charge is -2.23. The highest BCUT2D eigenvalue weighted by molar-refractivity contribution is 7.18. The molecule has 38 heavy (non-hydrogen) atoms. The molecule has 0 aliphatic carbocycles. The number of benzene rings is 1. The highest BCUT2D eigenvalue weighted by atomic mass is 32.1. The van der Waals surface area contributed by atoms with E-state index in [1.165, 1.54) is 18.4 Å². The number of aromatic nitrogens is 4. The maximum atomic E-state index is 12.9. The van der Waals surface area contributed by atoms with Crippen LogP contribution in [0.2, 0.25) is 0 Å². The summed E-state index contributed by atoms with van der Waals surface area (Å²) in [4.78, 5) is 42.1. The van der Waals surface area contributed by atoms with E-state index in [-0.39, 0.29) is 26.5 Å². The highest BCUT2D eigenvalue weighted by Gasteiger charge is 2.29. The summed E-state index contributed by atoms with van der Waals surface area (Å²) in [6, 6.07) is 12.4. The first-order valence-electron chi connectivity index (χ1n) is 11.5. The van der Waals surface area contributed by atoms with Crippen LogP contribution in [-0.2, 0) is 27.4 Å². The number of fused-ring (bicyclic) bond motifs is 2. The molecule has 12 nitrogen and oxygen atoms in total. The number of primary amides is 1. The fourth-order valence-corrected chi connectivity index (χ4v) is 4.66. The number of ether oxygens (including phenoxy) is 1. The predicted octanol–water partition coefficient (Wildman–Crippen LogP) is 2.17. The molecule has 0 spiro atoms. The molecule has 4 aromatic rings. The van der Waals surface area contributed by atoms with Gasteiger partial charge in [0.1, 0.15) is 13.2 Å². The number of nitrogens with one attached hydrogen (secondary N) is 1. The number of nitrogens with two attached hydrogens (primary N) is 2. The first-order valence-corrected chi connectivity index (χ1v) is 12.3. The molecule has 5 N–H and O–H groups in total. The van der Waals surface area contributed by atoms with Crippen molar-refractivity contribution in [2.75, 3.05) is 13.6 Å². The van der Waals surface area contributed by atoms with Crippen LogP contribution in [0.4, 0.5) is 4.79 Å². The van der Waals surface area contributed by atoms with E-state index in [4.69, 9.17) is 21.2 Å². The molecular weight excluding hydrogens is 508 g/mol. The molecular formula is C25H32N8O4S. The summed E-state index contributed by atoms with van der Waals surface area (Å²) in [7, 11) is 1.41. The first kappa shape index (κ1) is 28.5. The van der Waals surface area contributed by atoms with Crippen molar-refractivity contribution < 1.29 is 19.1 Å². The van der Waals surface area contributed by atoms with Crippen molar-refractivity contribution >= 4 is 45.1 Å². The van der Waals surface area contributed by atoms with Crippen molar-refractivity contribution in [2.24, 2.45) is 11.5 Å². The number of likely N-dealkylation sites (N-methyl/N-ethyl adjacent to an activating group) is 1. The minimum atomic E-state index is -1.13. The average Bonchev–Trinajstić information content (AvgIpc) is 3.45. The van der Waals surface area contributed by atoms with Gasteiger partial charge in [-0.05, 0) is 38.1 Å². The van der Waals surface area contributed by atoms with Crippen molar-refractivity contribution in [3.8, 4) is 0 Å². The Kier molecular flexibility index (Phi) is 8.63.